The van der Waals surface area contributed by atoms with Crippen LogP contribution in [0.5, 0.6) is 0 Å². The number of halogens is 2. The Labute approximate surface area is 97.6 Å². The molecule has 84 valence electrons. The topological polar surface area (TPSA) is 78.7 Å². The van der Waals surface area contributed by atoms with E-state index in [1.807, 2.05) is 0 Å². The molecule has 16 heavy (non-hydrogen) atoms. The third kappa shape index (κ3) is 1.60. The summed E-state index contributed by atoms with van der Waals surface area (Å²) in [5, 5.41) is 7.17. The van der Waals surface area contributed by atoms with Crippen LogP contribution in [0.2, 0.25) is 0 Å². The van der Waals surface area contributed by atoms with Crippen LogP contribution in [-0.4, -0.2) is 19.8 Å². The van der Waals surface area contributed by atoms with E-state index in [9.17, 15) is 9.18 Å². The predicted molar refractivity (Wildman–Crippen MR) is 58.7 cm³/mol. The van der Waals surface area contributed by atoms with Gasteiger partial charge in [0.2, 0.25) is 0 Å². The van der Waals surface area contributed by atoms with Gasteiger partial charge in [0.25, 0.3) is 0 Å². The second-order valence-electron chi connectivity index (χ2n) is 3.12. The third-order valence-electron chi connectivity index (χ3n) is 2.02. The lowest BCUT2D eigenvalue weighted by Crippen LogP contribution is -2.22. The first-order chi connectivity index (χ1) is 7.50. The van der Waals surface area contributed by atoms with Crippen LogP contribution in [0.25, 0.3) is 5.69 Å². The van der Waals surface area contributed by atoms with Crippen LogP contribution >= 0.6 is 15.9 Å². The van der Waals surface area contributed by atoms with Gasteiger partial charge in [-0.2, -0.15) is 9.36 Å². The molecule has 8 heteroatoms. The fourth-order valence-electron chi connectivity index (χ4n) is 1.18. The molecule has 2 N–H and O–H groups in total. The molecule has 1 aromatic carbocycles. The van der Waals surface area contributed by atoms with Gasteiger partial charge >= 0.3 is 5.69 Å². The number of aryl methyl sites for hydroxylation is 1. The van der Waals surface area contributed by atoms with E-state index in [2.05, 4.69) is 26.4 Å². The van der Waals surface area contributed by atoms with Crippen molar-refractivity contribution in [1.29, 1.82) is 0 Å². The molecular weight excluding hydrogens is 281 g/mol. The van der Waals surface area contributed by atoms with E-state index in [1.54, 1.807) is 0 Å². The standard InChI is InChI=1S/C8H7BrFN5O/c1-14-8(16)15(13-12-14)7-3-6(11)5(10)2-4(7)9/h2-3H,11H2,1H3. The molecule has 0 atom stereocenters. The molecule has 1 heterocycles. The van der Waals surface area contributed by atoms with Gasteiger partial charge in [-0.15, -0.1) is 0 Å². The molecule has 0 aliphatic carbocycles. The molecule has 2 rings (SSSR count). The maximum absolute atomic E-state index is 13.1. The van der Waals surface area contributed by atoms with Crippen molar-refractivity contribution < 1.29 is 4.39 Å². The normalized spacial score (nSPS) is 10.7. The first-order valence-corrected chi connectivity index (χ1v) is 5.04. The summed E-state index contributed by atoms with van der Waals surface area (Å²) in [7, 11) is 1.46. The number of nitrogens with two attached hydrogens (primary N) is 1. The third-order valence-corrected chi connectivity index (χ3v) is 2.65. The minimum absolute atomic E-state index is 0.0595. The van der Waals surface area contributed by atoms with E-state index >= 15 is 0 Å². The number of hydrogen-bond acceptors (Lipinski definition) is 4. The number of benzene rings is 1. The van der Waals surface area contributed by atoms with Crippen molar-refractivity contribution in [3.63, 3.8) is 0 Å². The van der Waals surface area contributed by atoms with E-state index in [1.165, 1.54) is 19.2 Å². The molecule has 6 nitrogen and oxygen atoms in total. The molecule has 0 fully saturated rings. The fourth-order valence-corrected chi connectivity index (χ4v) is 1.66. The molecule has 0 aliphatic rings. The summed E-state index contributed by atoms with van der Waals surface area (Å²) >= 11 is 3.13. The van der Waals surface area contributed by atoms with Crippen molar-refractivity contribution in [2.75, 3.05) is 5.73 Å². The Hall–Kier alpha value is -1.70. The molecule has 0 spiro atoms. The van der Waals surface area contributed by atoms with Crippen molar-refractivity contribution in [3.05, 3.63) is 32.9 Å². The lowest BCUT2D eigenvalue weighted by atomic mass is 10.3. The number of aromatic nitrogens is 4. The minimum atomic E-state index is -0.562. The first-order valence-electron chi connectivity index (χ1n) is 4.24. The first kappa shape index (κ1) is 10.8. The monoisotopic (exact) mass is 287 g/mol. The maximum atomic E-state index is 13.1. The van der Waals surface area contributed by atoms with Crippen molar-refractivity contribution >= 4 is 21.6 Å². The van der Waals surface area contributed by atoms with Gasteiger partial charge in [0.1, 0.15) is 5.82 Å². The Morgan fingerprint density at radius 3 is 2.69 bits per heavy atom. The summed E-state index contributed by atoms with van der Waals surface area (Å²) in [4.78, 5) is 11.6. The highest BCUT2D eigenvalue weighted by molar-refractivity contribution is 9.10. The highest BCUT2D eigenvalue weighted by Gasteiger charge is 2.12. The summed E-state index contributed by atoms with van der Waals surface area (Å²) in [5.41, 5.74) is 5.26. The zero-order valence-electron chi connectivity index (χ0n) is 8.19. The molecular formula is C8H7BrFN5O. The Kier molecular flexibility index (Phi) is 2.50. The van der Waals surface area contributed by atoms with Crippen LogP contribution < -0.4 is 11.4 Å². The van der Waals surface area contributed by atoms with Crippen LogP contribution in [0.1, 0.15) is 0 Å². The average molecular weight is 288 g/mol. The smallest absolute Gasteiger partial charge is 0.368 e. The van der Waals surface area contributed by atoms with E-state index in [0.717, 1.165) is 9.36 Å². The van der Waals surface area contributed by atoms with Crippen molar-refractivity contribution in [3.8, 4) is 5.69 Å². The van der Waals surface area contributed by atoms with Crippen molar-refractivity contribution in [2.24, 2.45) is 7.05 Å². The maximum Gasteiger partial charge on any atom is 0.368 e. The quantitative estimate of drug-likeness (QED) is 0.773. The number of nitrogen functional groups attached to an aromatic ring is 1. The Morgan fingerprint density at radius 2 is 2.12 bits per heavy atom. The van der Waals surface area contributed by atoms with E-state index in [0.29, 0.717) is 10.2 Å². The fraction of sp³-hybridized carbons (Fsp3) is 0.125. The van der Waals surface area contributed by atoms with Gasteiger partial charge in [-0.3, -0.25) is 0 Å². The number of tetrazole rings is 1. The van der Waals surface area contributed by atoms with Crippen LogP contribution in [0, 0.1) is 5.82 Å². The van der Waals surface area contributed by atoms with E-state index in [4.69, 9.17) is 5.73 Å². The zero-order valence-corrected chi connectivity index (χ0v) is 9.77. The lowest BCUT2D eigenvalue weighted by Gasteiger charge is -2.04. The predicted octanol–water partition coefficient (Wildman–Crippen LogP) is 0.450. The molecule has 0 unspecified atom stereocenters. The van der Waals surface area contributed by atoms with Crippen LogP contribution in [0.3, 0.4) is 0 Å². The molecule has 0 saturated carbocycles. The highest BCUT2D eigenvalue weighted by Crippen LogP contribution is 2.24. The Balaban J connectivity index is 2.70. The molecule has 2 aromatic rings. The highest BCUT2D eigenvalue weighted by atomic mass is 79.9. The van der Waals surface area contributed by atoms with Gasteiger partial charge in [-0.1, -0.05) is 0 Å². The van der Waals surface area contributed by atoms with Crippen molar-refractivity contribution in [2.45, 2.75) is 0 Å². The number of nitrogens with zero attached hydrogens (tertiary/aromatic N) is 4. The minimum Gasteiger partial charge on any atom is -0.396 e. The van der Waals surface area contributed by atoms with Gasteiger partial charge in [0.05, 0.1) is 11.4 Å². The number of rotatable bonds is 1. The summed E-state index contributed by atoms with van der Waals surface area (Å²) in [6, 6.07) is 2.49. The van der Waals surface area contributed by atoms with Crippen LogP contribution in [0.15, 0.2) is 21.4 Å². The van der Waals surface area contributed by atoms with Gasteiger partial charge < -0.3 is 5.73 Å². The molecule has 0 amide bonds. The van der Waals surface area contributed by atoms with Gasteiger partial charge in [-0.05, 0) is 38.5 Å². The van der Waals surface area contributed by atoms with Gasteiger partial charge in [0, 0.05) is 11.5 Å². The van der Waals surface area contributed by atoms with E-state index < -0.39 is 11.5 Å². The summed E-state index contributed by atoms with van der Waals surface area (Å²) < 4.78 is 15.6. The second-order valence-corrected chi connectivity index (χ2v) is 3.98. The molecule has 0 aliphatic heterocycles. The van der Waals surface area contributed by atoms with Crippen LogP contribution in [-0.2, 0) is 7.05 Å². The Bertz CT molecular complexity index is 605. The SMILES string of the molecule is Cn1nnn(-c2cc(N)c(F)cc2Br)c1=O. The van der Waals surface area contributed by atoms with Crippen molar-refractivity contribution in [1.82, 2.24) is 19.8 Å². The number of hydrogen-bond donors (Lipinski definition) is 1. The van der Waals surface area contributed by atoms with Gasteiger partial charge in [-0.25, -0.2) is 9.18 Å². The molecule has 0 saturated heterocycles. The molecule has 1 aromatic heterocycles. The summed E-state index contributed by atoms with van der Waals surface area (Å²) in [5.74, 6) is -0.562. The molecule has 0 bridgehead atoms. The Morgan fingerprint density at radius 1 is 1.44 bits per heavy atom. The summed E-state index contributed by atoms with van der Waals surface area (Å²) in [6.45, 7) is 0. The zero-order chi connectivity index (χ0) is 11.9. The second kappa shape index (κ2) is 3.71. The van der Waals surface area contributed by atoms with E-state index in [-0.39, 0.29) is 5.69 Å². The summed E-state index contributed by atoms with van der Waals surface area (Å²) in [6.07, 6.45) is 0. The average Bonchev–Trinajstić information content (AvgIpc) is 2.54. The largest absolute Gasteiger partial charge is 0.396 e. The molecule has 0 radical (unpaired) electrons. The number of anilines is 1. The van der Waals surface area contributed by atoms with Gasteiger partial charge in [0.15, 0.2) is 0 Å². The van der Waals surface area contributed by atoms with Crippen LogP contribution in [0.4, 0.5) is 10.1 Å². The lowest BCUT2D eigenvalue weighted by molar-refractivity contribution is 0.630.